The first-order valence-corrected chi connectivity index (χ1v) is 10.9. The van der Waals surface area contributed by atoms with Crippen LogP contribution in [-0.2, 0) is 19.5 Å². The monoisotopic (exact) mass is 435 g/mol. The van der Waals surface area contributed by atoms with Gasteiger partial charge in [0, 0.05) is 44.5 Å². The maximum Gasteiger partial charge on any atom is 0.161 e. The van der Waals surface area contributed by atoms with Gasteiger partial charge in [-0.25, -0.2) is 0 Å². The van der Waals surface area contributed by atoms with Crippen molar-refractivity contribution in [1.82, 2.24) is 15.2 Å². The molecule has 32 heavy (non-hydrogen) atoms. The summed E-state index contributed by atoms with van der Waals surface area (Å²) in [6.45, 7) is 3.06. The second-order valence-electron chi connectivity index (χ2n) is 7.88. The van der Waals surface area contributed by atoms with Crippen LogP contribution in [0.15, 0.2) is 72.9 Å². The van der Waals surface area contributed by atoms with Crippen LogP contribution in [0.25, 0.3) is 0 Å². The van der Waals surface area contributed by atoms with Gasteiger partial charge in [-0.3, -0.25) is 9.88 Å². The van der Waals surface area contributed by atoms with Crippen LogP contribution in [0.3, 0.4) is 0 Å². The highest BCUT2D eigenvalue weighted by Crippen LogP contribution is 2.28. The molecule has 0 spiro atoms. The van der Waals surface area contributed by atoms with Crippen molar-refractivity contribution in [2.45, 2.75) is 25.6 Å². The first kappa shape index (κ1) is 23.7. The van der Waals surface area contributed by atoms with Gasteiger partial charge in [0.25, 0.3) is 0 Å². The Hall–Kier alpha value is -2.93. The molecule has 0 saturated heterocycles. The first-order chi connectivity index (χ1) is 15.6. The zero-order chi connectivity index (χ0) is 22.6. The maximum absolute atomic E-state index is 10.4. The number of nitrogens with one attached hydrogen (secondary N) is 1. The number of methoxy groups -OCH3 is 1. The van der Waals surface area contributed by atoms with Crippen LogP contribution < -0.4 is 14.8 Å². The van der Waals surface area contributed by atoms with E-state index in [4.69, 9.17) is 9.47 Å². The van der Waals surface area contributed by atoms with Gasteiger partial charge in [0.15, 0.2) is 11.5 Å². The molecule has 3 aromatic rings. The summed E-state index contributed by atoms with van der Waals surface area (Å²) in [6.07, 6.45) is 2.09. The number of rotatable bonds is 13. The highest BCUT2D eigenvalue weighted by molar-refractivity contribution is 5.43. The van der Waals surface area contributed by atoms with E-state index in [0.29, 0.717) is 18.0 Å². The molecular formula is C26H33N3O3. The van der Waals surface area contributed by atoms with E-state index >= 15 is 0 Å². The lowest BCUT2D eigenvalue weighted by Crippen LogP contribution is -2.32. The van der Waals surface area contributed by atoms with Gasteiger partial charge in [0.05, 0.1) is 7.11 Å². The Labute approximate surface area is 190 Å². The van der Waals surface area contributed by atoms with Crippen LogP contribution in [0.4, 0.5) is 0 Å². The predicted octanol–water partition coefficient (Wildman–Crippen LogP) is 3.29. The summed E-state index contributed by atoms with van der Waals surface area (Å²) in [5.41, 5.74) is 3.38. The van der Waals surface area contributed by atoms with E-state index in [1.165, 1.54) is 5.56 Å². The van der Waals surface area contributed by atoms with Gasteiger partial charge < -0.3 is 19.9 Å². The van der Waals surface area contributed by atoms with Gasteiger partial charge >= 0.3 is 0 Å². The lowest BCUT2D eigenvalue weighted by Gasteiger charge is -2.21. The SMILES string of the molecule is COc1ccc(CNCCc2ccccn2)cc1OC[C@H](O)CN(C)Cc1ccccc1. The summed E-state index contributed by atoms with van der Waals surface area (Å²) in [7, 11) is 3.62. The van der Waals surface area contributed by atoms with Crippen molar-refractivity contribution in [3.63, 3.8) is 0 Å². The van der Waals surface area contributed by atoms with E-state index in [-0.39, 0.29) is 6.61 Å². The molecule has 0 aliphatic rings. The Morgan fingerprint density at radius 2 is 1.81 bits per heavy atom. The van der Waals surface area contributed by atoms with Gasteiger partial charge in [-0.1, -0.05) is 42.5 Å². The summed E-state index contributed by atoms with van der Waals surface area (Å²) >= 11 is 0. The Morgan fingerprint density at radius 3 is 2.56 bits per heavy atom. The molecule has 0 bridgehead atoms. The maximum atomic E-state index is 10.4. The Morgan fingerprint density at radius 1 is 1.00 bits per heavy atom. The number of aliphatic hydroxyl groups excluding tert-OH is 1. The Kier molecular flexibility index (Phi) is 9.50. The zero-order valence-corrected chi connectivity index (χ0v) is 18.9. The minimum atomic E-state index is -0.603. The molecular weight excluding hydrogens is 402 g/mol. The number of ether oxygens (including phenoxy) is 2. The fourth-order valence-corrected chi connectivity index (χ4v) is 3.50. The lowest BCUT2D eigenvalue weighted by molar-refractivity contribution is 0.0732. The van der Waals surface area contributed by atoms with Crippen molar-refractivity contribution in [2.75, 3.05) is 33.9 Å². The molecule has 6 nitrogen and oxygen atoms in total. The highest BCUT2D eigenvalue weighted by Gasteiger charge is 2.12. The molecule has 0 unspecified atom stereocenters. The minimum absolute atomic E-state index is 0.200. The number of nitrogens with zero attached hydrogens (tertiary/aromatic N) is 2. The average molecular weight is 436 g/mol. The van der Waals surface area contributed by atoms with Gasteiger partial charge in [-0.15, -0.1) is 0 Å². The molecule has 2 N–H and O–H groups in total. The van der Waals surface area contributed by atoms with Gasteiger partial charge in [-0.05, 0) is 42.4 Å². The fraction of sp³-hybridized carbons (Fsp3) is 0.346. The summed E-state index contributed by atoms with van der Waals surface area (Å²) in [4.78, 5) is 6.43. The van der Waals surface area contributed by atoms with Crippen LogP contribution in [0, 0.1) is 0 Å². The first-order valence-electron chi connectivity index (χ1n) is 10.9. The van der Waals surface area contributed by atoms with Crippen LogP contribution >= 0.6 is 0 Å². The highest BCUT2D eigenvalue weighted by atomic mass is 16.5. The molecule has 6 heteroatoms. The lowest BCUT2D eigenvalue weighted by atomic mass is 10.2. The van der Waals surface area contributed by atoms with Crippen LogP contribution in [0.2, 0.25) is 0 Å². The third kappa shape index (κ3) is 7.96. The molecule has 0 radical (unpaired) electrons. The van der Waals surface area contributed by atoms with E-state index in [2.05, 4.69) is 27.3 Å². The van der Waals surface area contributed by atoms with Crippen molar-refractivity contribution in [3.05, 3.63) is 89.7 Å². The molecule has 1 heterocycles. The smallest absolute Gasteiger partial charge is 0.161 e. The van der Waals surface area contributed by atoms with Crippen molar-refractivity contribution >= 4 is 0 Å². The van der Waals surface area contributed by atoms with Gasteiger partial charge in [0.2, 0.25) is 0 Å². The number of aromatic nitrogens is 1. The second kappa shape index (κ2) is 12.8. The molecule has 3 rings (SSSR count). The number of pyridine rings is 1. The molecule has 1 aromatic heterocycles. The van der Waals surface area contributed by atoms with Crippen LogP contribution in [0.1, 0.15) is 16.8 Å². The summed E-state index contributed by atoms with van der Waals surface area (Å²) in [5.74, 6) is 1.30. The quantitative estimate of drug-likeness (QED) is 0.402. The second-order valence-corrected chi connectivity index (χ2v) is 7.88. The van der Waals surface area contributed by atoms with E-state index in [1.807, 2.05) is 67.8 Å². The van der Waals surface area contributed by atoms with E-state index in [0.717, 1.165) is 37.3 Å². The number of hydrogen-bond donors (Lipinski definition) is 2. The normalized spacial score (nSPS) is 12.0. The Balaban J connectivity index is 1.45. The van der Waals surface area contributed by atoms with E-state index in [1.54, 1.807) is 7.11 Å². The van der Waals surface area contributed by atoms with Gasteiger partial charge in [-0.2, -0.15) is 0 Å². The number of aliphatic hydroxyl groups is 1. The topological polar surface area (TPSA) is 66.8 Å². The largest absolute Gasteiger partial charge is 0.493 e. The zero-order valence-electron chi connectivity index (χ0n) is 18.9. The fourth-order valence-electron chi connectivity index (χ4n) is 3.50. The van der Waals surface area contributed by atoms with Gasteiger partial charge in [0.1, 0.15) is 12.7 Å². The molecule has 0 saturated carbocycles. The third-order valence-electron chi connectivity index (χ3n) is 5.09. The Bertz CT molecular complexity index is 922. The summed E-state index contributed by atoms with van der Waals surface area (Å²) < 4.78 is 11.3. The summed E-state index contributed by atoms with van der Waals surface area (Å²) in [6, 6.07) is 22.1. The van der Waals surface area contributed by atoms with Crippen LogP contribution in [-0.4, -0.2) is 54.9 Å². The number of benzene rings is 2. The van der Waals surface area contributed by atoms with Crippen molar-refractivity contribution in [2.24, 2.45) is 0 Å². The molecule has 0 aliphatic heterocycles. The van der Waals surface area contributed by atoms with Crippen molar-refractivity contribution in [1.29, 1.82) is 0 Å². The number of likely N-dealkylation sites (N-methyl/N-ethyl adjacent to an activating group) is 1. The predicted molar refractivity (Wildman–Crippen MR) is 127 cm³/mol. The van der Waals surface area contributed by atoms with E-state index in [9.17, 15) is 5.11 Å². The molecule has 0 aliphatic carbocycles. The molecule has 0 amide bonds. The average Bonchev–Trinajstić information content (AvgIpc) is 2.82. The standard InChI is InChI=1S/C26H33N3O3/c1-29(18-21-8-4-3-5-9-21)19-24(30)20-32-26-16-22(11-12-25(26)31-2)17-27-15-13-23-10-6-7-14-28-23/h3-12,14,16,24,27,30H,13,15,17-20H2,1-2H3/t24-/m1/s1. The molecule has 0 fully saturated rings. The molecule has 1 atom stereocenters. The van der Waals surface area contributed by atoms with Crippen molar-refractivity contribution < 1.29 is 14.6 Å². The number of hydrogen-bond acceptors (Lipinski definition) is 6. The van der Waals surface area contributed by atoms with Crippen LogP contribution in [0.5, 0.6) is 11.5 Å². The molecule has 170 valence electrons. The van der Waals surface area contributed by atoms with Crippen molar-refractivity contribution in [3.8, 4) is 11.5 Å². The summed E-state index contributed by atoms with van der Waals surface area (Å²) in [5, 5.41) is 13.9. The minimum Gasteiger partial charge on any atom is -0.493 e. The van der Waals surface area contributed by atoms with E-state index < -0.39 is 6.10 Å². The molecule has 2 aromatic carbocycles. The third-order valence-corrected chi connectivity index (χ3v) is 5.09.